The quantitative estimate of drug-likeness (QED) is 0.459. The highest BCUT2D eigenvalue weighted by molar-refractivity contribution is 5.99. The molecule has 1 aromatic carbocycles. The van der Waals surface area contributed by atoms with Crippen molar-refractivity contribution >= 4 is 11.5 Å². The largest absolute Gasteiger partial charge is 0.494 e. The lowest BCUT2D eigenvalue weighted by molar-refractivity contribution is 0.101. The van der Waals surface area contributed by atoms with E-state index in [9.17, 15) is 4.79 Å². The van der Waals surface area contributed by atoms with Gasteiger partial charge in [-0.3, -0.25) is 4.79 Å². The molecular weight excluding hydrogens is 190 g/mol. The first-order chi connectivity index (χ1) is 7.15. The molecule has 0 atom stereocenters. The van der Waals surface area contributed by atoms with Gasteiger partial charge in [0.1, 0.15) is 5.75 Å². The number of rotatable bonds is 5. The van der Waals surface area contributed by atoms with Gasteiger partial charge in [0, 0.05) is 11.3 Å². The predicted octanol–water partition coefficient (Wildman–Crippen LogP) is 2.65. The topological polar surface area (TPSA) is 52.3 Å². The van der Waals surface area contributed by atoms with Crippen molar-refractivity contribution in [1.82, 2.24) is 0 Å². The fourth-order valence-corrected chi connectivity index (χ4v) is 1.26. The van der Waals surface area contributed by atoms with Gasteiger partial charge in [0.15, 0.2) is 5.78 Å². The molecule has 0 amide bonds. The highest BCUT2D eigenvalue weighted by atomic mass is 16.5. The molecular formula is C12H17NO2. The standard InChI is InChI=1S/C12H17NO2/c1-3-4-7-15-10-5-6-12(13)11(8-10)9(2)14/h5-6,8H,3-4,7,13H2,1-2H3. The van der Waals surface area contributed by atoms with Gasteiger partial charge in [0.25, 0.3) is 0 Å². The van der Waals surface area contributed by atoms with Crippen molar-refractivity contribution in [3.8, 4) is 5.75 Å². The Morgan fingerprint density at radius 2 is 2.20 bits per heavy atom. The van der Waals surface area contributed by atoms with Crippen LogP contribution in [0.15, 0.2) is 18.2 Å². The second-order valence-electron chi connectivity index (χ2n) is 3.51. The summed E-state index contributed by atoms with van der Waals surface area (Å²) in [6, 6.07) is 5.20. The zero-order valence-electron chi connectivity index (χ0n) is 9.25. The van der Waals surface area contributed by atoms with Crippen LogP contribution in [-0.4, -0.2) is 12.4 Å². The maximum Gasteiger partial charge on any atom is 0.162 e. The highest BCUT2D eigenvalue weighted by Gasteiger charge is 2.06. The number of anilines is 1. The molecule has 0 heterocycles. The number of hydrogen-bond acceptors (Lipinski definition) is 3. The monoisotopic (exact) mass is 207 g/mol. The summed E-state index contributed by atoms with van der Waals surface area (Å²) in [6.45, 7) is 4.28. The molecule has 0 aliphatic heterocycles. The Kier molecular flexibility index (Phi) is 4.16. The number of carbonyl (C=O) groups is 1. The molecule has 2 N–H and O–H groups in total. The number of carbonyl (C=O) groups excluding carboxylic acids is 1. The van der Waals surface area contributed by atoms with Crippen molar-refractivity contribution < 1.29 is 9.53 Å². The number of nitrogens with two attached hydrogens (primary N) is 1. The Balaban J connectivity index is 2.74. The van der Waals surface area contributed by atoms with Crippen molar-refractivity contribution in [2.24, 2.45) is 0 Å². The van der Waals surface area contributed by atoms with Crippen LogP contribution in [-0.2, 0) is 0 Å². The molecule has 0 bridgehead atoms. The van der Waals surface area contributed by atoms with Crippen molar-refractivity contribution in [1.29, 1.82) is 0 Å². The van der Waals surface area contributed by atoms with Crippen LogP contribution in [0.3, 0.4) is 0 Å². The molecule has 1 aromatic rings. The van der Waals surface area contributed by atoms with Gasteiger partial charge in [0.05, 0.1) is 6.61 Å². The van der Waals surface area contributed by atoms with Crippen molar-refractivity contribution in [3.05, 3.63) is 23.8 Å². The first kappa shape index (κ1) is 11.6. The van der Waals surface area contributed by atoms with Gasteiger partial charge in [-0.15, -0.1) is 0 Å². The summed E-state index contributed by atoms with van der Waals surface area (Å²) < 4.78 is 5.48. The van der Waals surface area contributed by atoms with Gasteiger partial charge in [-0.1, -0.05) is 13.3 Å². The van der Waals surface area contributed by atoms with Gasteiger partial charge in [0.2, 0.25) is 0 Å². The van der Waals surface area contributed by atoms with Crippen LogP contribution >= 0.6 is 0 Å². The van der Waals surface area contributed by atoms with E-state index in [0.717, 1.165) is 12.8 Å². The average Bonchev–Trinajstić information content (AvgIpc) is 2.20. The second-order valence-corrected chi connectivity index (χ2v) is 3.51. The Hall–Kier alpha value is -1.51. The van der Waals surface area contributed by atoms with Crippen LogP contribution < -0.4 is 10.5 Å². The first-order valence-electron chi connectivity index (χ1n) is 5.18. The van der Waals surface area contributed by atoms with Crippen LogP contribution in [0.4, 0.5) is 5.69 Å². The van der Waals surface area contributed by atoms with Crippen LogP contribution in [0.1, 0.15) is 37.0 Å². The minimum atomic E-state index is -0.0339. The lowest BCUT2D eigenvalue weighted by Crippen LogP contribution is -2.02. The summed E-state index contributed by atoms with van der Waals surface area (Å²) in [4.78, 5) is 11.2. The third kappa shape index (κ3) is 3.27. The Morgan fingerprint density at radius 1 is 1.47 bits per heavy atom. The average molecular weight is 207 g/mol. The van der Waals surface area contributed by atoms with E-state index < -0.39 is 0 Å². The Morgan fingerprint density at radius 3 is 2.80 bits per heavy atom. The smallest absolute Gasteiger partial charge is 0.162 e. The van der Waals surface area contributed by atoms with Crippen molar-refractivity contribution in [2.45, 2.75) is 26.7 Å². The van der Waals surface area contributed by atoms with E-state index in [1.165, 1.54) is 6.92 Å². The van der Waals surface area contributed by atoms with E-state index in [4.69, 9.17) is 10.5 Å². The Labute approximate surface area is 90.2 Å². The normalized spacial score (nSPS) is 10.0. The summed E-state index contributed by atoms with van der Waals surface area (Å²) in [5.41, 5.74) is 6.71. The minimum Gasteiger partial charge on any atom is -0.494 e. The van der Waals surface area contributed by atoms with Gasteiger partial charge >= 0.3 is 0 Å². The molecule has 1 rings (SSSR count). The summed E-state index contributed by atoms with van der Waals surface area (Å²) in [7, 11) is 0. The number of unbranched alkanes of at least 4 members (excludes halogenated alkanes) is 1. The van der Waals surface area contributed by atoms with E-state index in [-0.39, 0.29) is 5.78 Å². The van der Waals surface area contributed by atoms with E-state index in [1.807, 2.05) is 0 Å². The zero-order valence-corrected chi connectivity index (χ0v) is 9.25. The molecule has 15 heavy (non-hydrogen) atoms. The molecule has 0 aliphatic rings. The molecule has 0 aromatic heterocycles. The molecule has 0 aliphatic carbocycles. The molecule has 3 heteroatoms. The summed E-state index contributed by atoms with van der Waals surface area (Å²) >= 11 is 0. The summed E-state index contributed by atoms with van der Waals surface area (Å²) in [5, 5.41) is 0. The number of hydrogen-bond donors (Lipinski definition) is 1. The third-order valence-electron chi connectivity index (χ3n) is 2.17. The maximum atomic E-state index is 11.2. The summed E-state index contributed by atoms with van der Waals surface area (Å²) in [5.74, 6) is 0.677. The minimum absolute atomic E-state index is 0.0339. The zero-order chi connectivity index (χ0) is 11.3. The van der Waals surface area contributed by atoms with Crippen LogP contribution in [0, 0.1) is 0 Å². The predicted molar refractivity (Wildman–Crippen MR) is 61.3 cm³/mol. The van der Waals surface area contributed by atoms with Gasteiger partial charge < -0.3 is 10.5 Å². The highest BCUT2D eigenvalue weighted by Crippen LogP contribution is 2.20. The van der Waals surface area contributed by atoms with Crippen LogP contribution in [0.5, 0.6) is 5.75 Å². The number of Topliss-reactive ketones (excluding diaryl/α,β-unsaturated/α-hetero) is 1. The molecule has 0 unspecified atom stereocenters. The molecule has 0 spiro atoms. The van der Waals surface area contributed by atoms with E-state index in [1.54, 1.807) is 18.2 Å². The molecule has 0 saturated carbocycles. The second kappa shape index (κ2) is 5.39. The molecule has 0 radical (unpaired) electrons. The van der Waals surface area contributed by atoms with Crippen molar-refractivity contribution in [3.63, 3.8) is 0 Å². The van der Waals surface area contributed by atoms with Crippen molar-refractivity contribution in [2.75, 3.05) is 12.3 Å². The number of ketones is 1. The molecule has 0 saturated heterocycles. The maximum absolute atomic E-state index is 11.2. The lowest BCUT2D eigenvalue weighted by Gasteiger charge is -2.08. The van der Waals surface area contributed by atoms with E-state index >= 15 is 0 Å². The van der Waals surface area contributed by atoms with E-state index in [2.05, 4.69) is 6.92 Å². The number of ether oxygens (including phenoxy) is 1. The fourth-order valence-electron chi connectivity index (χ4n) is 1.26. The first-order valence-corrected chi connectivity index (χ1v) is 5.18. The lowest BCUT2D eigenvalue weighted by atomic mass is 10.1. The molecule has 3 nitrogen and oxygen atoms in total. The van der Waals surface area contributed by atoms with Gasteiger partial charge in [-0.25, -0.2) is 0 Å². The summed E-state index contributed by atoms with van der Waals surface area (Å²) in [6.07, 6.45) is 2.11. The van der Waals surface area contributed by atoms with Crippen LogP contribution in [0.25, 0.3) is 0 Å². The van der Waals surface area contributed by atoms with E-state index in [0.29, 0.717) is 23.6 Å². The fraction of sp³-hybridized carbons (Fsp3) is 0.417. The van der Waals surface area contributed by atoms with Gasteiger partial charge in [-0.2, -0.15) is 0 Å². The van der Waals surface area contributed by atoms with Crippen LogP contribution in [0.2, 0.25) is 0 Å². The molecule has 0 fully saturated rings. The molecule has 82 valence electrons. The van der Waals surface area contributed by atoms with Gasteiger partial charge in [-0.05, 0) is 31.5 Å². The number of nitrogen functional groups attached to an aromatic ring is 1. The number of benzene rings is 1. The Bertz CT molecular complexity index is 347. The third-order valence-corrected chi connectivity index (χ3v) is 2.17. The SMILES string of the molecule is CCCCOc1ccc(N)c(C(C)=O)c1.